The van der Waals surface area contributed by atoms with E-state index >= 15 is 0 Å². The SMILES string of the molecule is O=C(O)C1(c2ccc(OC3CCOC3)c(Cl)c2)CCCC1. The van der Waals surface area contributed by atoms with Crippen LogP contribution in [-0.4, -0.2) is 30.4 Å². The molecule has 5 heteroatoms. The summed E-state index contributed by atoms with van der Waals surface area (Å²) in [5.74, 6) is -0.150. The Morgan fingerprint density at radius 3 is 2.71 bits per heavy atom. The molecule has 0 aromatic heterocycles. The van der Waals surface area contributed by atoms with Crippen molar-refractivity contribution in [2.24, 2.45) is 0 Å². The molecule has 4 nitrogen and oxygen atoms in total. The Labute approximate surface area is 129 Å². The van der Waals surface area contributed by atoms with Crippen molar-refractivity contribution in [3.63, 3.8) is 0 Å². The molecule has 0 spiro atoms. The molecule has 114 valence electrons. The molecule has 0 bridgehead atoms. The zero-order chi connectivity index (χ0) is 14.9. The Hall–Kier alpha value is -1.26. The minimum absolute atomic E-state index is 0.0354. The van der Waals surface area contributed by atoms with Gasteiger partial charge >= 0.3 is 5.97 Å². The summed E-state index contributed by atoms with van der Waals surface area (Å²) in [4.78, 5) is 11.7. The molecule has 1 saturated heterocycles. The maximum Gasteiger partial charge on any atom is 0.314 e. The van der Waals surface area contributed by atoms with Crippen LogP contribution in [-0.2, 0) is 14.9 Å². The van der Waals surface area contributed by atoms with Crippen LogP contribution in [0, 0.1) is 0 Å². The third-order valence-electron chi connectivity index (χ3n) is 4.53. The Kier molecular flexibility index (Phi) is 4.09. The fraction of sp³-hybridized carbons (Fsp3) is 0.562. The lowest BCUT2D eigenvalue weighted by atomic mass is 9.79. The molecule has 1 aromatic rings. The van der Waals surface area contributed by atoms with E-state index in [4.69, 9.17) is 21.1 Å². The van der Waals surface area contributed by atoms with Crippen molar-refractivity contribution in [1.82, 2.24) is 0 Å². The average Bonchev–Trinajstić information content (AvgIpc) is 3.12. The van der Waals surface area contributed by atoms with E-state index in [2.05, 4.69) is 0 Å². The van der Waals surface area contributed by atoms with Crippen LogP contribution in [0.2, 0.25) is 5.02 Å². The van der Waals surface area contributed by atoms with E-state index in [0.29, 0.717) is 36.8 Å². The van der Waals surface area contributed by atoms with Crippen molar-refractivity contribution in [2.45, 2.75) is 43.6 Å². The minimum Gasteiger partial charge on any atom is -0.486 e. The second-order valence-corrected chi connectivity index (χ2v) is 6.25. The first-order valence-corrected chi connectivity index (χ1v) is 7.77. The summed E-state index contributed by atoms with van der Waals surface area (Å²) in [6.07, 6.45) is 4.14. The molecule has 1 N–H and O–H groups in total. The van der Waals surface area contributed by atoms with Crippen LogP contribution >= 0.6 is 11.6 Å². The van der Waals surface area contributed by atoms with E-state index in [0.717, 1.165) is 24.8 Å². The maximum atomic E-state index is 11.7. The molecule has 3 rings (SSSR count). The van der Waals surface area contributed by atoms with Crippen molar-refractivity contribution < 1.29 is 19.4 Å². The molecular formula is C16H19ClO4. The van der Waals surface area contributed by atoms with Gasteiger partial charge in [0.15, 0.2) is 0 Å². The number of halogens is 1. The van der Waals surface area contributed by atoms with Crippen molar-refractivity contribution in [3.05, 3.63) is 28.8 Å². The summed E-state index contributed by atoms with van der Waals surface area (Å²) in [5, 5.41) is 10.1. The van der Waals surface area contributed by atoms with Gasteiger partial charge in [-0.05, 0) is 30.5 Å². The summed E-state index contributed by atoms with van der Waals surface area (Å²) in [7, 11) is 0. The van der Waals surface area contributed by atoms with Crippen LogP contribution in [0.15, 0.2) is 18.2 Å². The van der Waals surface area contributed by atoms with E-state index < -0.39 is 11.4 Å². The number of carboxylic acid groups (broad SMARTS) is 1. The zero-order valence-electron chi connectivity index (χ0n) is 11.8. The average molecular weight is 311 g/mol. The van der Waals surface area contributed by atoms with Gasteiger partial charge in [0.2, 0.25) is 0 Å². The van der Waals surface area contributed by atoms with Gasteiger partial charge in [-0.15, -0.1) is 0 Å². The molecule has 1 aliphatic carbocycles. The summed E-state index contributed by atoms with van der Waals surface area (Å²) >= 11 is 6.29. The number of rotatable bonds is 4. The summed E-state index contributed by atoms with van der Waals surface area (Å²) in [6, 6.07) is 5.39. The van der Waals surface area contributed by atoms with Gasteiger partial charge < -0.3 is 14.6 Å². The Balaban J connectivity index is 1.84. The zero-order valence-corrected chi connectivity index (χ0v) is 12.6. The van der Waals surface area contributed by atoms with Crippen LogP contribution in [0.4, 0.5) is 0 Å². The van der Waals surface area contributed by atoms with Crippen molar-refractivity contribution >= 4 is 17.6 Å². The topological polar surface area (TPSA) is 55.8 Å². The Morgan fingerprint density at radius 1 is 1.38 bits per heavy atom. The third kappa shape index (κ3) is 2.74. The molecule has 21 heavy (non-hydrogen) atoms. The third-order valence-corrected chi connectivity index (χ3v) is 4.83. The molecular weight excluding hydrogens is 292 g/mol. The predicted molar refractivity (Wildman–Crippen MR) is 79.1 cm³/mol. The Morgan fingerprint density at radius 2 is 2.14 bits per heavy atom. The van der Waals surface area contributed by atoms with E-state index in [1.165, 1.54) is 0 Å². The first kappa shape index (κ1) is 14.7. The molecule has 1 saturated carbocycles. The molecule has 0 radical (unpaired) electrons. The van der Waals surface area contributed by atoms with Crippen LogP contribution in [0.5, 0.6) is 5.75 Å². The highest BCUT2D eigenvalue weighted by molar-refractivity contribution is 6.32. The molecule has 1 aliphatic heterocycles. The monoisotopic (exact) mass is 310 g/mol. The minimum atomic E-state index is -0.779. The lowest BCUT2D eigenvalue weighted by Crippen LogP contribution is -2.32. The number of carboxylic acids is 1. The number of benzene rings is 1. The Bertz CT molecular complexity index is 531. The van der Waals surface area contributed by atoms with Gasteiger partial charge in [0, 0.05) is 6.42 Å². The number of aliphatic carboxylic acids is 1. The van der Waals surface area contributed by atoms with Crippen LogP contribution < -0.4 is 4.74 Å². The van der Waals surface area contributed by atoms with Gasteiger partial charge in [-0.3, -0.25) is 4.79 Å². The van der Waals surface area contributed by atoms with Crippen LogP contribution in [0.3, 0.4) is 0 Å². The molecule has 2 aliphatic rings. The largest absolute Gasteiger partial charge is 0.486 e. The fourth-order valence-corrected chi connectivity index (χ4v) is 3.51. The summed E-state index contributed by atoms with van der Waals surface area (Å²) in [6.45, 7) is 1.29. The molecule has 1 heterocycles. The second kappa shape index (κ2) is 5.85. The van der Waals surface area contributed by atoms with Gasteiger partial charge in [-0.25, -0.2) is 0 Å². The van der Waals surface area contributed by atoms with Gasteiger partial charge in [-0.2, -0.15) is 0 Å². The highest BCUT2D eigenvalue weighted by Crippen LogP contribution is 2.43. The number of hydrogen-bond acceptors (Lipinski definition) is 3. The molecule has 2 fully saturated rings. The van der Waals surface area contributed by atoms with Gasteiger partial charge in [0.25, 0.3) is 0 Å². The smallest absolute Gasteiger partial charge is 0.314 e. The van der Waals surface area contributed by atoms with Crippen molar-refractivity contribution in [2.75, 3.05) is 13.2 Å². The molecule has 0 amide bonds. The van der Waals surface area contributed by atoms with Crippen molar-refractivity contribution in [1.29, 1.82) is 0 Å². The van der Waals surface area contributed by atoms with Gasteiger partial charge in [0.1, 0.15) is 11.9 Å². The van der Waals surface area contributed by atoms with Crippen molar-refractivity contribution in [3.8, 4) is 5.75 Å². The standard InChI is InChI=1S/C16H19ClO4/c17-13-9-11(16(15(18)19)6-1-2-7-16)3-4-14(13)21-12-5-8-20-10-12/h3-4,9,12H,1-2,5-8,10H2,(H,18,19). The van der Waals surface area contributed by atoms with Gasteiger partial charge in [0.05, 0.1) is 23.7 Å². The first-order chi connectivity index (χ1) is 10.1. The fourth-order valence-electron chi connectivity index (χ4n) is 3.28. The molecule has 1 unspecified atom stereocenters. The lowest BCUT2D eigenvalue weighted by Gasteiger charge is -2.25. The highest BCUT2D eigenvalue weighted by atomic mass is 35.5. The first-order valence-electron chi connectivity index (χ1n) is 7.40. The molecule has 1 atom stereocenters. The number of ether oxygens (including phenoxy) is 2. The number of carbonyl (C=O) groups is 1. The van der Waals surface area contributed by atoms with E-state index in [1.807, 2.05) is 6.07 Å². The van der Waals surface area contributed by atoms with E-state index in [-0.39, 0.29) is 6.10 Å². The van der Waals surface area contributed by atoms with E-state index in [9.17, 15) is 9.90 Å². The number of hydrogen-bond donors (Lipinski definition) is 1. The van der Waals surface area contributed by atoms with Crippen LogP contribution in [0.1, 0.15) is 37.7 Å². The van der Waals surface area contributed by atoms with E-state index in [1.54, 1.807) is 12.1 Å². The van der Waals surface area contributed by atoms with Crippen LogP contribution in [0.25, 0.3) is 0 Å². The van der Waals surface area contributed by atoms with Gasteiger partial charge in [-0.1, -0.05) is 30.5 Å². The highest BCUT2D eigenvalue weighted by Gasteiger charge is 2.43. The maximum absolute atomic E-state index is 11.7. The summed E-state index contributed by atoms with van der Waals surface area (Å²) in [5.41, 5.74) is 0.00562. The quantitative estimate of drug-likeness (QED) is 0.926. The molecule has 1 aromatic carbocycles. The normalized spacial score (nSPS) is 24.1. The summed E-state index contributed by atoms with van der Waals surface area (Å²) < 4.78 is 11.1. The predicted octanol–water partition coefficient (Wildman–Crippen LogP) is 3.40. The second-order valence-electron chi connectivity index (χ2n) is 5.84. The lowest BCUT2D eigenvalue weighted by molar-refractivity contribution is -0.143.